The number of aryl methyl sites for hydroxylation is 1. The maximum atomic E-state index is 12.6. The molecule has 1 heterocycles. The third kappa shape index (κ3) is 5.80. The molecule has 1 aromatic heterocycles. The smallest absolute Gasteiger partial charge is 0.247 e. The first-order valence-electron chi connectivity index (χ1n) is 8.86. The Morgan fingerprint density at radius 3 is 2.37 bits per heavy atom. The number of benzene rings is 1. The van der Waals surface area contributed by atoms with E-state index in [0.29, 0.717) is 13.1 Å². The lowest BCUT2D eigenvalue weighted by Gasteiger charge is -2.24. The number of carbonyl (C=O) groups excluding carboxylic acids is 1. The molecule has 6 nitrogen and oxygen atoms in total. The van der Waals surface area contributed by atoms with Crippen LogP contribution in [-0.4, -0.2) is 31.8 Å². The number of hydrogen-bond acceptors (Lipinski definition) is 4. The molecule has 2 rings (SSSR count). The summed E-state index contributed by atoms with van der Waals surface area (Å²) in [6.45, 7) is 8.22. The van der Waals surface area contributed by atoms with E-state index >= 15 is 0 Å². The number of carbonyl (C=O) groups is 1. The van der Waals surface area contributed by atoms with Crippen molar-refractivity contribution in [3.63, 3.8) is 0 Å². The molecule has 1 aromatic carbocycles. The van der Waals surface area contributed by atoms with Gasteiger partial charge in [-0.3, -0.25) is 4.79 Å². The highest BCUT2D eigenvalue weighted by molar-refractivity contribution is 7.89. The summed E-state index contributed by atoms with van der Waals surface area (Å²) in [5.41, 5.74) is 0.747. The third-order valence-corrected chi connectivity index (χ3v) is 5.53. The molecule has 0 atom stereocenters. The largest absolute Gasteiger partial charge is 0.464 e. The van der Waals surface area contributed by atoms with E-state index < -0.39 is 10.0 Å². The quantitative estimate of drug-likeness (QED) is 0.701. The lowest BCUT2D eigenvalue weighted by molar-refractivity contribution is -0.128. The average molecular weight is 391 g/mol. The predicted molar refractivity (Wildman–Crippen MR) is 105 cm³/mol. The Bertz CT molecular complexity index is 896. The first kappa shape index (κ1) is 20.9. The normalized spacial score (nSPS) is 12.0. The maximum absolute atomic E-state index is 12.6. The molecule has 1 amide bonds. The Hall–Kier alpha value is -2.38. The van der Waals surface area contributed by atoms with E-state index in [1.165, 1.54) is 18.2 Å². The first-order valence-corrected chi connectivity index (χ1v) is 10.3. The molecule has 0 fully saturated rings. The number of amides is 1. The van der Waals surface area contributed by atoms with Crippen molar-refractivity contribution in [1.29, 1.82) is 0 Å². The Balaban J connectivity index is 2.09. The highest BCUT2D eigenvalue weighted by Gasteiger charge is 2.17. The van der Waals surface area contributed by atoms with Crippen molar-refractivity contribution < 1.29 is 17.6 Å². The molecule has 0 saturated heterocycles. The van der Waals surface area contributed by atoms with E-state index in [-0.39, 0.29) is 16.8 Å². The van der Waals surface area contributed by atoms with Crippen molar-refractivity contribution in [2.24, 2.45) is 0 Å². The Kier molecular flexibility index (Phi) is 6.98. The van der Waals surface area contributed by atoms with Crippen LogP contribution in [-0.2, 0) is 21.4 Å². The average Bonchev–Trinajstić information content (AvgIpc) is 3.03. The lowest BCUT2D eigenvalue weighted by Crippen LogP contribution is -2.35. The van der Waals surface area contributed by atoms with E-state index in [1.807, 2.05) is 32.9 Å². The molecule has 0 spiro atoms. The van der Waals surface area contributed by atoms with Crippen LogP contribution in [0.3, 0.4) is 0 Å². The van der Waals surface area contributed by atoms with E-state index in [4.69, 9.17) is 4.42 Å². The van der Waals surface area contributed by atoms with Gasteiger partial charge in [0, 0.05) is 18.7 Å². The monoisotopic (exact) mass is 390 g/mol. The van der Waals surface area contributed by atoms with Gasteiger partial charge >= 0.3 is 0 Å². The minimum atomic E-state index is -3.48. The number of sulfonamides is 1. The number of nitrogens with one attached hydrogen (secondary N) is 1. The zero-order valence-corrected chi connectivity index (χ0v) is 16.9. The fourth-order valence-corrected chi connectivity index (χ4v) is 3.59. The summed E-state index contributed by atoms with van der Waals surface area (Å²) in [7, 11) is -3.48. The summed E-state index contributed by atoms with van der Waals surface area (Å²) in [4.78, 5) is 14.5. The van der Waals surface area contributed by atoms with Gasteiger partial charge in [0.2, 0.25) is 15.9 Å². The highest BCUT2D eigenvalue weighted by Crippen LogP contribution is 2.14. The van der Waals surface area contributed by atoms with Crippen LogP contribution in [0.2, 0.25) is 0 Å². The molecule has 0 radical (unpaired) electrons. The van der Waals surface area contributed by atoms with E-state index in [9.17, 15) is 13.2 Å². The highest BCUT2D eigenvalue weighted by atomic mass is 32.2. The molecular weight excluding hydrogens is 364 g/mol. The van der Waals surface area contributed by atoms with Crippen LogP contribution in [0.5, 0.6) is 0 Å². The third-order valence-electron chi connectivity index (χ3n) is 3.97. The topological polar surface area (TPSA) is 79.6 Å². The van der Waals surface area contributed by atoms with Crippen molar-refractivity contribution in [3.05, 3.63) is 59.6 Å². The van der Waals surface area contributed by atoms with Crippen LogP contribution in [0.4, 0.5) is 0 Å². The van der Waals surface area contributed by atoms with Gasteiger partial charge < -0.3 is 9.32 Å². The summed E-state index contributed by atoms with van der Waals surface area (Å²) in [5, 5.41) is 0. The zero-order valence-electron chi connectivity index (χ0n) is 16.1. The van der Waals surface area contributed by atoms with Gasteiger partial charge in [-0.1, -0.05) is 19.1 Å². The second-order valence-electron chi connectivity index (χ2n) is 6.48. The fraction of sp³-hybridized carbons (Fsp3) is 0.350. The van der Waals surface area contributed by atoms with Gasteiger partial charge in [-0.05, 0) is 56.7 Å². The number of hydrogen-bond donors (Lipinski definition) is 1. The van der Waals surface area contributed by atoms with Crippen molar-refractivity contribution in [3.8, 4) is 0 Å². The molecule has 0 aliphatic rings. The van der Waals surface area contributed by atoms with E-state index in [2.05, 4.69) is 4.72 Å². The predicted octanol–water partition coefficient (Wildman–Crippen LogP) is 3.34. The molecule has 0 unspecified atom stereocenters. The zero-order chi connectivity index (χ0) is 20.0. The molecular formula is C20H26N2O4S. The SMILES string of the molecule is CCNS(=O)(=O)c1ccc(C=CC(=O)N(Cc2ccc(C)o2)C(C)C)cc1. The van der Waals surface area contributed by atoms with Gasteiger partial charge in [0.15, 0.2) is 0 Å². The van der Waals surface area contributed by atoms with Gasteiger partial charge in [0.25, 0.3) is 0 Å². The molecule has 146 valence electrons. The Labute approximate surface area is 160 Å². The van der Waals surface area contributed by atoms with Crippen molar-refractivity contribution in [2.45, 2.75) is 45.2 Å². The molecule has 2 aromatic rings. The van der Waals surface area contributed by atoms with Crippen LogP contribution in [0, 0.1) is 6.92 Å². The van der Waals surface area contributed by atoms with Gasteiger partial charge in [-0.2, -0.15) is 0 Å². The van der Waals surface area contributed by atoms with Crippen LogP contribution < -0.4 is 4.72 Å². The minimum absolute atomic E-state index is 0.0141. The molecule has 7 heteroatoms. The maximum Gasteiger partial charge on any atom is 0.247 e. The van der Waals surface area contributed by atoms with Crippen LogP contribution in [0.25, 0.3) is 6.08 Å². The second-order valence-corrected chi connectivity index (χ2v) is 8.24. The summed E-state index contributed by atoms with van der Waals surface area (Å²) in [5.74, 6) is 1.41. The summed E-state index contributed by atoms with van der Waals surface area (Å²) in [6, 6.07) is 10.1. The van der Waals surface area contributed by atoms with Crippen molar-refractivity contribution in [1.82, 2.24) is 9.62 Å². The molecule has 1 N–H and O–H groups in total. The van der Waals surface area contributed by atoms with Crippen molar-refractivity contribution in [2.75, 3.05) is 6.54 Å². The second kappa shape index (κ2) is 9.01. The van der Waals surface area contributed by atoms with Gasteiger partial charge in [0.1, 0.15) is 11.5 Å². The Morgan fingerprint density at radius 2 is 1.85 bits per heavy atom. The van der Waals surface area contributed by atoms with Gasteiger partial charge in [-0.15, -0.1) is 0 Å². The molecule has 0 saturated carbocycles. The van der Waals surface area contributed by atoms with Crippen molar-refractivity contribution >= 4 is 22.0 Å². The Morgan fingerprint density at radius 1 is 1.19 bits per heavy atom. The number of furan rings is 1. The van der Waals surface area contributed by atoms with E-state index in [1.54, 1.807) is 30.0 Å². The molecule has 27 heavy (non-hydrogen) atoms. The van der Waals surface area contributed by atoms with Crippen LogP contribution >= 0.6 is 0 Å². The first-order chi connectivity index (χ1) is 12.7. The molecule has 0 bridgehead atoms. The lowest BCUT2D eigenvalue weighted by atomic mass is 10.2. The molecule has 0 aliphatic carbocycles. The van der Waals surface area contributed by atoms with Crippen LogP contribution in [0.1, 0.15) is 37.9 Å². The number of nitrogens with zero attached hydrogens (tertiary/aromatic N) is 1. The summed E-state index contributed by atoms with van der Waals surface area (Å²) < 4.78 is 31.9. The van der Waals surface area contributed by atoms with Crippen LogP contribution in [0.15, 0.2) is 51.8 Å². The van der Waals surface area contributed by atoms with Gasteiger partial charge in [-0.25, -0.2) is 13.1 Å². The summed E-state index contributed by atoms with van der Waals surface area (Å²) >= 11 is 0. The number of rotatable bonds is 8. The van der Waals surface area contributed by atoms with Gasteiger partial charge in [0.05, 0.1) is 11.4 Å². The van der Waals surface area contributed by atoms with E-state index in [0.717, 1.165) is 17.1 Å². The minimum Gasteiger partial charge on any atom is -0.464 e. The fourth-order valence-electron chi connectivity index (χ4n) is 2.55. The summed E-state index contributed by atoms with van der Waals surface area (Å²) in [6.07, 6.45) is 3.17. The molecule has 0 aliphatic heterocycles. The standard InChI is InChI=1S/C20H26N2O4S/c1-5-21-27(24,25)19-11-7-17(8-12-19)9-13-20(23)22(15(2)3)14-18-10-6-16(4)26-18/h6-13,15,21H,5,14H2,1-4H3.